The van der Waals surface area contributed by atoms with Crippen LogP contribution in [0.1, 0.15) is 24.1 Å². The van der Waals surface area contributed by atoms with E-state index < -0.39 is 11.6 Å². The van der Waals surface area contributed by atoms with E-state index in [-0.39, 0.29) is 11.6 Å². The molecule has 1 atom stereocenters. The molecule has 1 aromatic carbocycles. The number of halogens is 2. The van der Waals surface area contributed by atoms with Crippen LogP contribution in [0.15, 0.2) is 35.0 Å². The second-order valence-electron chi connectivity index (χ2n) is 4.07. The molecule has 0 aliphatic carbocycles. The van der Waals surface area contributed by atoms with E-state index in [0.29, 0.717) is 6.42 Å². The third-order valence-electron chi connectivity index (χ3n) is 2.87. The molecule has 0 saturated carbocycles. The van der Waals surface area contributed by atoms with Gasteiger partial charge in [-0.2, -0.15) is 11.3 Å². The Morgan fingerprint density at radius 3 is 2.50 bits per heavy atom. The van der Waals surface area contributed by atoms with Crippen molar-refractivity contribution in [1.29, 1.82) is 0 Å². The topological polar surface area (TPSA) is 12.0 Å². The molecule has 1 heterocycles. The Hall–Kier alpha value is -1.26. The highest BCUT2D eigenvalue weighted by atomic mass is 32.1. The number of benzene rings is 1. The van der Waals surface area contributed by atoms with E-state index in [4.69, 9.17) is 0 Å². The van der Waals surface area contributed by atoms with Crippen LogP contribution in [0.25, 0.3) is 0 Å². The highest BCUT2D eigenvalue weighted by molar-refractivity contribution is 7.07. The Balaban J connectivity index is 2.24. The van der Waals surface area contributed by atoms with Crippen molar-refractivity contribution in [2.24, 2.45) is 0 Å². The first kappa shape index (κ1) is 13.2. The highest BCUT2D eigenvalue weighted by Crippen LogP contribution is 2.23. The van der Waals surface area contributed by atoms with E-state index >= 15 is 0 Å². The normalized spacial score (nSPS) is 12.6. The fourth-order valence-corrected chi connectivity index (χ4v) is 2.67. The lowest BCUT2D eigenvalue weighted by molar-refractivity contribution is 0.500. The molecule has 0 bridgehead atoms. The van der Waals surface area contributed by atoms with Crippen molar-refractivity contribution in [1.82, 2.24) is 5.32 Å². The zero-order valence-electron chi connectivity index (χ0n) is 10.1. The molecule has 4 heteroatoms. The minimum atomic E-state index is -0.479. The van der Waals surface area contributed by atoms with Gasteiger partial charge in [0.25, 0.3) is 0 Å². The molecule has 2 aromatic rings. The smallest absolute Gasteiger partial charge is 0.129 e. The molecule has 1 aromatic heterocycles. The summed E-state index contributed by atoms with van der Waals surface area (Å²) in [5.74, 6) is -0.957. The summed E-state index contributed by atoms with van der Waals surface area (Å²) in [4.78, 5) is 0. The Labute approximate surface area is 109 Å². The van der Waals surface area contributed by atoms with Crippen LogP contribution in [0.5, 0.6) is 0 Å². The third kappa shape index (κ3) is 2.94. The zero-order chi connectivity index (χ0) is 13.0. The van der Waals surface area contributed by atoms with Gasteiger partial charge in [-0.05, 0) is 47.5 Å². The largest absolute Gasteiger partial charge is 0.310 e. The summed E-state index contributed by atoms with van der Waals surface area (Å²) in [6.45, 7) is 2.74. The summed E-state index contributed by atoms with van der Waals surface area (Å²) >= 11 is 1.59. The first-order chi connectivity index (χ1) is 8.72. The zero-order valence-corrected chi connectivity index (χ0v) is 10.9. The van der Waals surface area contributed by atoms with Crippen molar-refractivity contribution in [3.8, 4) is 0 Å². The summed E-state index contributed by atoms with van der Waals surface area (Å²) < 4.78 is 27.3. The maximum absolute atomic E-state index is 13.6. The molecule has 0 aliphatic heterocycles. The van der Waals surface area contributed by atoms with Gasteiger partial charge in [-0.3, -0.25) is 0 Å². The third-order valence-corrected chi connectivity index (χ3v) is 3.57. The van der Waals surface area contributed by atoms with Crippen LogP contribution in [-0.4, -0.2) is 6.54 Å². The SMILES string of the molecule is CCNC(Cc1c(F)cccc1F)c1ccsc1. The fourth-order valence-electron chi connectivity index (χ4n) is 1.96. The van der Waals surface area contributed by atoms with Gasteiger partial charge in [0.15, 0.2) is 0 Å². The van der Waals surface area contributed by atoms with Crippen molar-refractivity contribution >= 4 is 11.3 Å². The lowest BCUT2D eigenvalue weighted by Crippen LogP contribution is -2.23. The maximum Gasteiger partial charge on any atom is 0.129 e. The second-order valence-corrected chi connectivity index (χ2v) is 4.85. The van der Waals surface area contributed by atoms with Gasteiger partial charge in [-0.25, -0.2) is 8.78 Å². The second kappa shape index (κ2) is 6.07. The average molecular weight is 267 g/mol. The van der Waals surface area contributed by atoms with E-state index in [1.165, 1.54) is 18.2 Å². The van der Waals surface area contributed by atoms with Crippen LogP contribution in [0, 0.1) is 11.6 Å². The Morgan fingerprint density at radius 2 is 1.94 bits per heavy atom. The number of thiophene rings is 1. The number of hydrogen-bond acceptors (Lipinski definition) is 2. The summed E-state index contributed by atoms with van der Waals surface area (Å²) in [5.41, 5.74) is 1.22. The van der Waals surface area contributed by atoms with Crippen molar-refractivity contribution in [3.63, 3.8) is 0 Å². The maximum atomic E-state index is 13.6. The standard InChI is InChI=1S/C14H15F2NS/c1-2-17-14(10-6-7-18-9-10)8-11-12(15)4-3-5-13(11)16/h3-7,9,14,17H,2,8H2,1H3. The predicted molar refractivity (Wildman–Crippen MR) is 70.8 cm³/mol. The number of likely N-dealkylation sites (N-methyl/N-ethyl adjacent to an activating group) is 1. The van der Waals surface area contributed by atoms with Crippen molar-refractivity contribution in [2.75, 3.05) is 6.54 Å². The van der Waals surface area contributed by atoms with Crippen LogP contribution in [0.3, 0.4) is 0 Å². The predicted octanol–water partition coefficient (Wildman–Crippen LogP) is 3.92. The molecule has 1 unspecified atom stereocenters. The minimum absolute atomic E-state index is 0.0485. The van der Waals surface area contributed by atoms with Gasteiger partial charge in [0.2, 0.25) is 0 Å². The molecule has 18 heavy (non-hydrogen) atoms. The molecule has 0 aliphatic rings. The fraction of sp³-hybridized carbons (Fsp3) is 0.286. The lowest BCUT2D eigenvalue weighted by Gasteiger charge is -2.17. The molecular weight excluding hydrogens is 252 g/mol. The van der Waals surface area contributed by atoms with Gasteiger partial charge in [0.05, 0.1) is 0 Å². The quantitative estimate of drug-likeness (QED) is 0.865. The first-order valence-corrected chi connectivity index (χ1v) is 6.85. The Bertz CT molecular complexity index is 476. The molecule has 0 saturated heterocycles. The molecule has 0 fully saturated rings. The molecular formula is C14H15F2NS. The van der Waals surface area contributed by atoms with Crippen LogP contribution in [-0.2, 0) is 6.42 Å². The van der Waals surface area contributed by atoms with Crippen molar-refractivity contribution in [2.45, 2.75) is 19.4 Å². The molecule has 0 radical (unpaired) electrons. The van der Waals surface area contributed by atoms with Gasteiger partial charge in [0.1, 0.15) is 11.6 Å². The van der Waals surface area contributed by atoms with Crippen LogP contribution >= 0.6 is 11.3 Å². The van der Waals surface area contributed by atoms with Gasteiger partial charge in [-0.1, -0.05) is 13.0 Å². The van der Waals surface area contributed by atoms with Gasteiger partial charge < -0.3 is 5.32 Å². The summed E-state index contributed by atoms with van der Waals surface area (Å²) in [6, 6.07) is 5.93. The van der Waals surface area contributed by atoms with E-state index in [2.05, 4.69) is 5.32 Å². The van der Waals surface area contributed by atoms with E-state index in [0.717, 1.165) is 12.1 Å². The van der Waals surface area contributed by atoms with E-state index in [1.54, 1.807) is 11.3 Å². The van der Waals surface area contributed by atoms with Crippen molar-refractivity contribution in [3.05, 3.63) is 57.8 Å². The van der Waals surface area contributed by atoms with E-state index in [9.17, 15) is 8.78 Å². The Morgan fingerprint density at radius 1 is 1.22 bits per heavy atom. The van der Waals surface area contributed by atoms with E-state index in [1.807, 2.05) is 23.8 Å². The Kier molecular flexibility index (Phi) is 4.44. The summed E-state index contributed by atoms with van der Waals surface area (Å²) in [5, 5.41) is 7.24. The number of hydrogen-bond donors (Lipinski definition) is 1. The monoisotopic (exact) mass is 267 g/mol. The first-order valence-electron chi connectivity index (χ1n) is 5.90. The minimum Gasteiger partial charge on any atom is -0.310 e. The summed E-state index contributed by atoms with van der Waals surface area (Å²) in [6.07, 6.45) is 0.322. The molecule has 1 N–H and O–H groups in total. The van der Waals surface area contributed by atoms with Gasteiger partial charge in [0, 0.05) is 11.6 Å². The number of nitrogens with one attached hydrogen (secondary N) is 1. The van der Waals surface area contributed by atoms with Crippen molar-refractivity contribution < 1.29 is 8.78 Å². The molecule has 1 nitrogen and oxygen atoms in total. The lowest BCUT2D eigenvalue weighted by atomic mass is 10.0. The molecule has 2 rings (SSSR count). The number of rotatable bonds is 5. The molecule has 96 valence electrons. The average Bonchev–Trinajstić information content (AvgIpc) is 2.86. The van der Waals surface area contributed by atoms with Gasteiger partial charge >= 0.3 is 0 Å². The van der Waals surface area contributed by atoms with Crippen LogP contribution in [0.2, 0.25) is 0 Å². The molecule has 0 spiro atoms. The highest BCUT2D eigenvalue weighted by Gasteiger charge is 2.16. The molecule has 0 amide bonds. The van der Waals surface area contributed by atoms with Crippen LogP contribution < -0.4 is 5.32 Å². The van der Waals surface area contributed by atoms with Crippen LogP contribution in [0.4, 0.5) is 8.78 Å². The summed E-state index contributed by atoms with van der Waals surface area (Å²) in [7, 11) is 0. The van der Waals surface area contributed by atoms with Gasteiger partial charge in [-0.15, -0.1) is 0 Å².